The molecule has 2 heterocycles. The lowest BCUT2D eigenvalue weighted by molar-refractivity contribution is 0.0984. The van der Waals surface area contributed by atoms with Gasteiger partial charge in [-0.25, -0.2) is 9.97 Å². The molecule has 0 saturated heterocycles. The van der Waals surface area contributed by atoms with Gasteiger partial charge < -0.3 is 4.98 Å². The zero-order valence-electron chi connectivity index (χ0n) is 7.65. The first-order chi connectivity index (χ1) is 6.75. The molecule has 0 unspecified atom stereocenters. The summed E-state index contributed by atoms with van der Waals surface area (Å²) in [5.41, 5.74) is 0.956. The third-order valence-electron chi connectivity index (χ3n) is 1.74. The summed E-state index contributed by atoms with van der Waals surface area (Å²) in [6.07, 6.45) is 3.53. The van der Waals surface area contributed by atoms with E-state index in [1.54, 1.807) is 12.4 Å². The van der Waals surface area contributed by atoms with Gasteiger partial charge in [0.15, 0.2) is 5.82 Å². The Hall–Kier alpha value is -1.49. The van der Waals surface area contributed by atoms with Crippen LogP contribution in [0.25, 0.3) is 0 Å². The number of hydrogen-bond donors (Lipinski definition) is 1. The predicted octanol–water partition coefficient (Wildman–Crippen LogP) is 1.60. The molecule has 0 bridgehead atoms. The van der Waals surface area contributed by atoms with E-state index in [0.717, 1.165) is 10.7 Å². The molecule has 1 N–H and O–H groups in total. The maximum atomic E-state index is 11.6. The molecule has 4 nitrogen and oxygen atoms in total. The Morgan fingerprint density at radius 1 is 1.64 bits per heavy atom. The molecule has 0 amide bonds. The molecule has 0 saturated carbocycles. The number of hydrogen-bond acceptors (Lipinski definition) is 4. The number of imidazole rings is 1. The van der Waals surface area contributed by atoms with Gasteiger partial charge in [-0.3, -0.25) is 4.79 Å². The van der Waals surface area contributed by atoms with Crippen LogP contribution in [-0.4, -0.2) is 20.7 Å². The Labute approximate surface area is 85.0 Å². The molecule has 0 fully saturated rings. The highest BCUT2D eigenvalue weighted by molar-refractivity contribution is 7.09. The van der Waals surface area contributed by atoms with Gasteiger partial charge in [0.1, 0.15) is 5.01 Å². The number of aromatic amines is 1. The number of nitrogens with zero attached hydrogens (tertiary/aromatic N) is 2. The lowest BCUT2D eigenvalue weighted by Gasteiger charge is -1.92. The standard InChI is InChI=1S/C9H9N3OS/c1-6-5-14-8(12-6)4-7(13)9-10-2-3-11-9/h2-3,5H,4H2,1H3,(H,10,11). The van der Waals surface area contributed by atoms with E-state index in [-0.39, 0.29) is 5.78 Å². The summed E-state index contributed by atoms with van der Waals surface area (Å²) in [4.78, 5) is 22.4. The maximum Gasteiger partial charge on any atom is 0.204 e. The van der Waals surface area contributed by atoms with E-state index < -0.39 is 0 Å². The third-order valence-corrected chi connectivity index (χ3v) is 2.71. The minimum absolute atomic E-state index is 0.0237. The Balaban J connectivity index is 2.09. The first kappa shape index (κ1) is 9.08. The van der Waals surface area contributed by atoms with Crippen molar-refractivity contribution in [1.29, 1.82) is 0 Å². The predicted molar refractivity (Wildman–Crippen MR) is 53.5 cm³/mol. The largest absolute Gasteiger partial charge is 0.342 e. The minimum atomic E-state index is -0.0237. The van der Waals surface area contributed by atoms with Crippen molar-refractivity contribution in [2.24, 2.45) is 0 Å². The molecule has 2 rings (SSSR count). The lowest BCUT2D eigenvalue weighted by Crippen LogP contribution is -2.05. The fourth-order valence-corrected chi connectivity index (χ4v) is 1.89. The van der Waals surface area contributed by atoms with Crippen molar-refractivity contribution in [3.8, 4) is 0 Å². The number of H-pyrrole nitrogens is 1. The van der Waals surface area contributed by atoms with Crippen molar-refractivity contribution in [2.45, 2.75) is 13.3 Å². The highest BCUT2D eigenvalue weighted by atomic mass is 32.1. The summed E-state index contributed by atoms with van der Waals surface area (Å²) < 4.78 is 0. The number of nitrogens with one attached hydrogen (secondary N) is 1. The van der Waals surface area contributed by atoms with Gasteiger partial charge in [0.05, 0.1) is 6.42 Å². The summed E-state index contributed by atoms with van der Waals surface area (Å²) in [5, 5.41) is 2.77. The zero-order valence-corrected chi connectivity index (χ0v) is 8.47. The summed E-state index contributed by atoms with van der Waals surface area (Å²) >= 11 is 1.50. The number of rotatable bonds is 3. The molecule has 0 aliphatic carbocycles. The number of carbonyl (C=O) groups excluding carboxylic acids is 1. The van der Waals surface area contributed by atoms with Crippen LogP contribution in [0.1, 0.15) is 21.3 Å². The van der Waals surface area contributed by atoms with E-state index in [4.69, 9.17) is 0 Å². The van der Waals surface area contributed by atoms with Gasteiger partial charge in [0.25, 0.3) is 0 Å². The van der Waals surface area contributed by atoms with Gasteiger partial charge in [-0.2, -0.15) is 0 Å². The molecule has 2 aromatic heterocycles. The molecule has 0 radical (unpaired) electrons. The van der Waals surface area contributed by atoms with Crippen molar-refractivity contribution >= 4 is 17.1 Å². The maximum absolute atomic E-state index is 11.6. The van der Waals surface area contributed by atoms with Crippen LogP contribution in [-0.2, 0) is 6.42 Å². The Morgan fingerprint density at radius 2 is 2.50 bits per heavy atom. The van der Waals surface area contributed by atoms with E-state index in [1.807, 2.05) is 12.3 Å². The number of thiazole rings is 1. The van der Waals surface area contributed by atoms with E-state index in [0.29, 0.717) is 12.2 Å². The van der Waals surface area contributed by atoms with Crippen LogP contribution in [0.4, 0.5) is 0 Å². The monoisotopic (exact) mass is 207 g/mol. The molecular formula is C9H9N3OS. The summed E-state index contributed by atoms with van der Waals surface area (Å²) in [7, 11) is 0. The number of carbonyl (C=O) groups is 1. The van der Waals surface area contributed by atoms with Crippen molar-refractivity contribution in [3.05, 3.63) is 34.3 Å². The first-order valence-electron chi connectivity index (χ1n) is 4.19. The lowest BCUT2D eigenvalue weighted by atomic mass is 10.3. The molecule has 14 heavy (non-hydrogen) atoms. The van der Waals surface area contributed by atoms with Crippen LogP contribution >= 0.6 is 11.3 Å². The molecule has 0 aliphatic rings. The smallest absolute Gasteiger partial charge is 0.204 e. The van der Waals surface area contributed by atoms with Gasteiger partial charge in [-0.1, -0.05) is 0 Å². The zero-order chi connectivity index (χ0) is 9.97. The topological polar surface area (TPSA) is 58.6 Å². The Bertz CT molecular complexity index is 433. The van der Waals surface area contributed by atoms with Crippen LogP contribution in [0.3, 0.4) is 0 Å². The van der Waals surface area contributed by atoms with Crippen LogP contribution in [0, 0.1) is 6.92 Å². The second kappa shape index (κ2) is 3.71. The SMILES string of the molecule is Cc1csc(CC(=O)c2ncc[nH]2)n1. The molecule has 72 valence electrons. The van der Waals surface area contributed by atoms with Crippen molar-refractivity contribution < 1.29 is 4.79 Å². The average Bonchev–Trinajstić information content (AvgIpc) is 2.75. The average molecular weight is 207 g/mol. The van der Waals surface area contributed by atoms with Crippen LogP contribution in [0.2, 0.25) is 0 Å². The second-order valence-electron chi connectivity index (χ2n) is 2.92. The molecule has 5 heteroatoms. The van der Waals surface area contributed by atoms with Crippen LogP contribution in [0.15, 0.2) is 17.8 Å². The second-order valence-corrected chi connectivity index (χ2v) is 3.86. The third kappa shape index (κ3) is 1.88. The molecular weight excluding hydrogens is 198 g/mol. The fraction of sp³-hybridized carbons (Fsp3) is 0.222. The van der Waals surface area contributed by atoms with E-state index in [2.05, 4.69) is 15.0 Å². The highest BCUT2D eigenvalue weighted by Gasteiger charge is 2.10. The van der Waals surface area contributed by atoms with Gasteiger partial charge in [0, 0.05) is 23.5 Å². The molecule has 0 spiro atoms. The Morgan fingerprint density at radius 3 is 3.07 bits per heavy atom. The van der Waals surface area contributed by atoms with E-state index >= 15 is 0 Å². The first-order valence-corrected chi connectivity index (χ1v) is 5.07. The molecule has 0 atom stereocenters. The van der Waals surface area contributed by atoms with Gasteiger partial charge >= 0.3 is 0 Å². The molecule has 0 aromatic carbocycles. The number of aryl methyl sites for hydroxylation is 1. The van der Waals surface area contributed by atoms with Crippen LogP contribution in [0.5, 0.6) is 0 Å². The number of ketones is 1. The number of aromatic nitrogens is 3. The van der Waals surface area contributed by atoms with Gasteiger partial charge in [-0.05, 0) is 6.92 Å². The fourth-order valence-electron chi connectivity index (χ4n) is 1.12. The number of Topliss-reactive ketones (excluding diaryl/α,β-unsaturated/α-hetero) is 1. The normalized spacial score (nSPS) is 10.4. The summed E-state index contributed by atoms with van der Waals surface area (Å²) in [6.45, 7) is 1.91. The van der Waals surface area contributed by atoms with Crippen molar-refractivity contribution in [2.75, 3.05) is 0 Å². The van der Waals surface area contributed by atoms with Crippen molar-refractivity contribution in [3.63, 3.8) is 0 Å². The van der Waals surface area contributed by atoms with Gasteiger partial charge in [-0.15, -0.1) is 11.3 Å². The van der Waals surface area contributed by atoms with E-state index in [1.165, 1.54) is 11.3 Å². The molecule has 2 aromatic rings. The van der Waals surface area contributed by atoms with Gasteiger partial charge in [0.2, 0.25) is 5.78 Å². The highest BCUT2D eigenvalue weighted by Crippen LogP contribution is 2.10. The van der Waals surface area contributed by atoms with Crippen molar-refractivity contribution in [1.82, 2.24) is 15.0 Å². The van der Waals surface area contributed by atoms with E-state index in [9.17, 15) is 4.79 Å². The minimum Gasteiger partial charge on any atom is -0.342 e. The molecule has 0 aliphatic heterocycles. The summed E-state index contributed by atoms with van der Waals surface area (Å²) in [6, 6.07) is 0. The van der Waals surface area contributed by atoms with Crippen LogP contribution < -0.4 is 0 Å². The quantitative estimate of drug-likeness (QED) is 0.778. The Kier molecular flexibility index (Phi) is 2.41. The summed E-state index contributed by atoms with van der Waals surface area (Å²) in [5.74, 6) is 0.377.